The van der Waals surface area contributed by atoms with Gasteiger partial charge in [0, 0.05) is 18.3 Å². The zero-order valence-corrected chi connectivity index (χ0v) is 13.5. The van der Waals surface area contributed by atoms with Gasteiger partial charge in [0.25, 0.3) is 5.91 Å². The summed E-state index contributed by atoms with van der Waals surface area (Å²) in [6.07, 6.45) is 1.45. The number of halogens is 2. The summed E-state index contributed by atoms with van der Waals surface area (Å²) in [5, 5.41) is 9.49. The summed E-state index contributed by atoms with van der Waals surface area (Å²) in [5.74, 6) is -1.34. The summed E-state index contributed by atoms with van der Waals surface area (Å²) in [4.78, 5) is 28.1. The molecule has 0 fully saturated rings. The number of aliphatic carboxylic acids is 1. The average molecular weight is 355 g/mol. The predicted molar refractivity (Wildman–Crippen MR) is 85.4 cm³/mol. The van der Waals surface area contributed by atoms with Gasteiger partial charge in [0.05, 0.1) is 5.02 Å². The first kappa shape index (κ1) is 17.1. The van der Waals surface area contributed by atoms with Crippen LogP contribution >= 0.6 is 23.2 Å². The SMILES string of the molecule is CN(CC(=O)O)C(=O)c1cccnc1Oc1ccc(Cl)cc1Cl. The van der Waals surface area contributed by atoms with Crippen molar-refractivity contribution < 1.29 is 19.4 Å². The normalized spacial score (nSPS) is 10.2. The number of amides is 1. The third-order valence-electron chi connectivity index (χ3n) is 2.82. The van der Waals surface area contributed by atoms with Gasteiger partial charge in [-0.15, -0.1) is 0 Å². The van der Waals surface area contributed by atoms with Gasteiger partial charge in [-0.2, -0.15) is 0 Å². The molecule has 1 amide bonds. The zero-order valence-electron chi connectivity index (χ0n) is 12.0. The summed E-state index contributed by atoms with van der Waals surface area (Å²) in [6.45, 7) is -0.436. The first-order valence-electron chi connectivity index (χ1n) is 6.43. The largest absolute Gasteiger partial charge is 0.480 e. The number of likely N-dealkylation sites (N-methyl/N-ethyl adjacent to an activating group) is 1. The lowest BCUT2D eigenvalue weighted by Crippen LogP contribution is -2.32. The highest BCUT2D eigenvalue weighted by Gasteiger charge is 2.20. The zero-order chi connectivity index (χ0) is 17.0. The van der Waals surface area contributed by atoms with Gasteiger partial charge in [0.2, 0.25) is 5.88 Å². The van der Waals surface area contributed by atoms with Crippen molar-refractivity contribution in [1.29, 1.82) is 0 Å². The van der Waals surface area contributed by atoms with Crippen molar-refractivity contribution >= 4 is 35.1 Å². The highest BCUT2D eigenvalue weighted by atomic mass is 35.5. The van der Waals surface area contributed by atoms with Gasteiger partial charge >= 0.3 is 5.97 Å². The van der Waals surface area contributed by atoms with Crippen molar-refractivity contribution in [3.8, 4) is 11.6 Å². The molecule has 6 nitrogen and oxygen atoms in total. The second kappa shape index (κ2) is 7.30. The fourth-order valence-corrected chi connectivity index (χ4v) is 2.22. The number of carboxylic acid groups (broad SMARTS) is 1. The average Bonchev–Trinajstić information content (AvgIpc) is 2.49. The summed E-state index contributed by atoms with van der Waals surface area (Å²) in [6, 6.07) is 7.68. The number of aromatic nitrogens is 1. The van der Waals surface area contributed by atoms with E-state index in [2.05, 4.69) is 4.98 Å². The van der Waals surface area contributed by atoms with E-state index in [1.54, 1.807) is 18.2 Å². The van der Waals surface area contributed by atoms with Crippen molar-refractivity contribution in [1.82, 2.24) is 9.88 Å². The second-order valence-electron chi connectivity index (χ2n) is 4.59. The fraction of sp³-hybridized carbons (Fsp3) is 0.133. The predicted octanol–water partition coefficient (Wildman–Crippen LogP) is 3.34. The van der Waals surface area contributed by atoms with Gasteiger partial charge in [-0.05, 0) is 30.3 Å². The number of carbonyl (C=O) groups is 2. The summed E-state index contributed by atoms with van der Waals surface area (Å²) in [5.41, 5.74) is 0.127. The summed E-state index contributed by atoms with van der Waals surface area (Å²) < 4.78 is 5.57. The lowest BCUT2D eigenvalue weighted by atomic mass is 10.2. The van der Waals surface area contributed by atoms with E-state index >= 15 is 0 Å². The number of ether oxygens (including phenoxy) is 1. The van der Waals surface area contributed by atoms with Crippen LogP contribution in [-0.4, -0.2) is 40.5 Å². The molecular formula is C15H12Cl2N2O4. The van der Waals surface area contributed by atoms with E-state index in [4.69, 9.17) is 33.0 Å². The molecule has 0 saturated heterocycles. The van der Waals surface area contributed by atoms with Crippen molar-refractivity contribution in [2.75, 3.05) is 13.6 Å². The Morgan fingerprint density at radius 2 is 2.04 bits per heavy atom. The number of rotatable bonds is 5. The molecule has 1 aromatic heterocycles. The Hall–Kier alpha value is -2.31. The monoisotopic (exact) mass is 354 g/mol. The van der Waals surface area contributed by atoms with Crippen LogP contribution in [0.1, 0.15) is 10.4 Å². The number of carboxylic acids is 1. The Kier molecular flexibility index (Phi) is 5.41. The Morgan fingerprint density at radius 3 is 2.70 bits per heavy atom. The molecule has 0 spiro atoms. The molecule has 0 aliphatic rings. The molecule has 1 aromatic carbocycles. The Balaban J connectivity index is 2.30. The van der Waals surface area contributed by atoms with Crippen LogP contribution in [0.5, 0.6) is 11.6 Å². The molecule has 0 aliphatic carbocycles. The molecule has 8 heteroatoms. The van der Waals surface area contributed by atoms with E-state index in [0.717, 1.165) is 4.90 Å². The molecule has 1 heterocycles. The molecule has 23 heavy (non-hydrogen) atoms. The summed E-state index contributed by atoms with van der Waals surface area (Å²) in [7, 11) is 1.38. The van der Waals surface area contributed by atoms with Gasteiger partial charge in [0.15, 0.2) is 0 Å². The highest BCUT2D eigenvalue weighted by molar-refractivity contribution is 6.35. The number of nitrogens with zero attached hydrogens (tertiary/aromatic N) is 2. The fourth-order valence-electron chi connectivity index (χ4n) is 1.78. The van der Waals surface area contributed by atoms with Crippen LogP contribution in [0.15, 0.2) is 36.5 Å². The maximum Gasteiger partial charge on any atom is 0.323 e. The number of hydrogen-bond donors (Lipinski definition) is 1. The Morgan fingerprint density at radius 1 is 1.30 bits per heavy atom. The third kappa shape index (κ3) is 4.34. The second-order valence-corrected chi connectivity index (χ2v) is 5.43. The maximum absolute atomic E-state index is 12.3. The minimum absolute atomic E-state index is 0.0268. The smallest absolute Gasteiger partial charge is 0.323 e. The highest BCUT2D eigenvalue weighted by Crippen LogP contribution is 2.32. The first-order chi connectivity index (χ1) is 10.9. The molecule has 120 valence electrons. The third-order valence-corrected chi connectivity index (χ3v) is 3.35. The quantitative estimate of drug-likeness (QED) is 0.890. The van der Waals surface area contributed by atoms with E-state index < -0.39 is 18.4 Å². The lowest BCUT2D eigenvalue weighted by molar-refractivity contribution is -0.137. The lowest BCUT2D eigenvalue weighted by Gasteiger charge is -2.16. The molecule has 1 N–H and O–H groups in total. The van der Waals surface area contributed by atoms with Crippen molar-refractivity contribution in [3.63, 3.8) is 0 Å². The molecule has 0 radical (unpaired) electrons. The molecular weight excluding hydrogens is 343 g/mol. The van der Waals surface area contributed by atoms with Crippen LogP contribution in [0.4, 0.5) is 0 Å². The number of hydrogen-bond acceptors (Lipinski definition) is 4. The van der Waals surface area contributed by atoms with Crippen molar-refractivity contribution in [2.45, 2.75) is 0 Å². The van der Waals surface area contributed by atoms with Crippen molar-refractivity contribution in [2.24, 2.45) is 0 Å². The molecule has 0 unspecified atom stereocenters. The van der Waals surface area contributed by atoms with Crippen LogP contribution in [0.25, 0.3) is 0 Å². The van der Waals surface area contributed by atoms with E-state index in [1.165, 1.54) is 25.4 Å². The number of carbonyl (C=O) groups excluding carboxylic acids is 1. The van der Waals surface area contributed by atoms with Crippen molar-refractivity contribution in [3.05, 3.63) is 52.1 Å². The van der Waals surface area contributed by atoms with E-state index in [1.807, 2.05) is 0 Å². The maximum atomic E-state index is 12.3. The minimum atomic E-state index is -1.12. The molecule has 2 rings (SSSR count). The van der Waals surface area contributed by atoms with Gasteiger partial charge in [0.1, 0.15) is 17.9 Å². The summed E-state index contributed by atoms with van der Waals surface area (Å²) >= 11 is 11.9. The standard InChI is InChI=1S/C15H12Cl2N2O4/c1-19(8-13(20)21)15(22)10-3-2-6-18-14(10)23-12-5-4-9(16)7-11(12)17/h2-7H,8H2,1H3,(H,20,21). The molecule has 0 aliphatic heterocycles. The Bertz CT molecular complexity index is 752. The van der Waals surface area contributed by atoms with E-state index in [0.29, 0.717) is 5.02 Å². The van der Waals surface area contributed by atoms with Crippen LogP contribution in [0, 0.1) is 0 Å². The minimum Gasteiger partial charge on any atom is -0.480 e. The van der Waals surface area contributed by atoms with Crippen LogP contribution in [0.2, 0.25) is 10.0 Å². The molecule has 0 atom stereocenters. The van der Waals surface area contributed by atoms with Gasteiger partial charge < -0.3 is 14.7 Å². The van der Waals surface area contributed by atoms with Crippen LogP contribution in [0.3, 0.4) is 0 Å². The van der Waals surface area contributed by atoms with E-state index in [-0.39, 0.29) is 22.2 Å². The van der Waals surface area contributed by atoms with Gasteiger partial charge in [-0.25, -0.2) is 4.98 Å². The van der Waals surface area contributed by atoms with Gasteiger partial charge in [-0.3, -0.25) is 9.59 Å². The molecule has 2 aromatic rings. The Labute approximate surface area is 142 Å². The van der Waals surface area contributed by atoms with E-state index in [9.17, 15) is 9.59 Å². The number of pyridine rings is 1. The van der Waals surface area contributed by atoms with Gasteiger partial charge in [-0.1, -0.05) is 23.2 Å². The molecule has 0 bridgehead atoms. The topological polar surface area (TPSA) is 79.7 Å². The first-order valence-corrected chi connectivity index (χ1v) is 7.19. The van der Waals surface area contributed by atoms with Crippen LogP contribution in [-0.2, 0) is 4.79 Å². The molecule has 0 saturated carbocycles. The number of benzene rings is 1. The van der Waals surface area contributed by atoms with Crippen LogP contribution < -0.4 is 4.74 Å².